The number of carbonyl (C=O) groups is 1. The Morgan fingerprint density at radius 1 is 1.21 bits per heavy atom. The fourth-order valence-corrected chi connectivity index (χ4v) is 2.52. The van der Waals surface area contributed by atoms with E-state index in [9.17, 15) is 4.79 Å². The minimum Gasteiger partial charge on any atom is -0.355 e. The van der Waals surface area contributed by atoms with Crippen LogP contribution in [0.2, 0.25) is 0 Å². The van der Waals surface area contributed by atoms with Gasteiger partial charge in [-0.2, -0.15) is 0 Å². The first-order valence-corrected chi connectivity index (χ1v) is 7.41. The van der Waals surface area contributed by atoms with Crippen LogP contribution in [0.1, 0.15) is 37.7 Å². The van der Waals surface area contributed by atoms with E-state index < -0.39 is 0 Å². The summed E-state index contributed by atoms with van der Waals surface area (Å²) in [4.78, 5) is 12.0. The molecule has 0 aliphatic carbocycles. The summed E-state index contributed by atoms with van der Waals surface area (Å²) in [6, 6.07) is 10.4. The van der Waals surface area contributed by atoms with Gasteiger partial charge in [0.05, 0.1) is 6.04 Å². The second-order valence-electron chi connectivity index (χ2n) is 5.24. The molecule has 3 heteroatoms. The van der Waals surface area contributed by atoms with Gasteiger partial charge >= 0.3 is 0 Å². The molecule has 2 rings (SSSR count). The Bertz CT molecular complexity index is 370. The van der Waals surface area contributed by atoms with Crippen LogP contribution >= 0.6 is 0 Å². The summed E-state index contributed by atoms with van der Waals surface area (Å²) in [5.74, 6) is 0.176. The molecule has 0 radical (unpaired) electrons. The summed E-state index contributed by atoms with van der Waals surface area (Å²) in [6.07, 6.45) is 6.60. The van der Waals surface area contributed by atoms with Crippen LogP contribution in [-0.2, 0) is 11.2 Å². The third-order valence-electron chi connectivity index (χ3n) is 3.66. The average Bonchev–Trinajstić information content (AvgIpc) is 2.73. The summed E-state index contributed by atoms with van der Waals surface area (Å²) < 4.78 is 0. The van der Waals surface area contributed by atoms with Crippen LogP contribution in [0.15, 0.2) is 30.3 Å². The van der Waals surface area contributed by atoms with E-state index in [-0.39, 0.29) is 11.9 Å². The molecule has 1 aromatic rings. The van der Waals surface area contributed by atoms with Crippen LogP contribution in [0, 0.1) is 0 Å². The lowest BCUT2D eigenvalue weighted by Crippen LogP contribution is -2.44. The van der Waals surface area contributed by atoms with Gasteiger partial charge in [-0.1, -0.05) is 43.2 Å². The van der Waals surface area contributed by atoms with E-state index in [1.165, 1.54) is 18.4 Å². The normalized spacial score (nSPS) is 19.7. The lowest BCUT2D eigenvalue weighted by molar-refractivity contribution is -0.123. The molecule has 0 saturated carbocycles. The number of aryl methyl sites for hydroxylation is 1. The second-order valence-corrected chi connectivity index (χ2v) is 5.24. The molecule has 1 aliphatic heterocycles. The number of carbonyl (C=O) groups excluding carboxylic acids is 1. The number of nitrogens with one attached hydrogen (secondary N) is 2. The Balaban J connectivity index is 1.63. The summed E-state index contributed by atoms with van der Waals surface area (Å²) >= 11 is 0. The molecule has 1 fully saturated rings. The molecule has 1 amide bonds. The summed E-state index contributed by atoms with van der Waals surface area (Å²) in [7, 11) is 0. The Morgan fingerprint density at radius 3 is 2.89 bits per heavy atom. The quantitative estimate of drug-likeness (QED) is 0.797. The number of hydrogen-bond donors (Lipinski definition) is 2. The number of rotatable bonds is 5. The highest BCUT2D eigenvalue weighted by atomic mass is 16.2. The van der Waals surface area contributed by atoms with Gasteiger partial charge in [0.2, 0.25) is 5.91 Å². The minimum atomic E-state index is 0.0271. The zero-order valence-corrected chi connectivity index (χ0v) is 11.5. The molecule has 0 aromatic heterocycles. The van der Waals surface area contributed by atoms with Gasteiger partial charge in [-0.05, 0) is 37.8 Å². The van der Waals surface area contributed by atoms with Crippen LogP contribution in [-0.4, -0.2) is 25.0 Å². The maximum absolute atomic E-state index is 12.0. The van der Waals surface area contributed by atoms with Gasteiger partial charge in [0.15, 0.2) is 0 Å². The van der Waals surface area contributed by atoms with Crippen molar-refractivity contribution in [3.8, 4) is 0 Å². The van der Waals surface area contributed by atoms with Crippen LogP contribution in [0.25, 0.3) is 0 Å². The smallest absolute Gasteiger partial charge is 0.237 e. The second kappa shape index (κ2) is 7.95. The van der Waals surface area contributed by atoms with Gasteiger partial charge in [0.1, 0.15) is 0 Å². The highest BCUT2D eigenvalue weighted by molar-refractivity contribution is 5.81. The van der Waals surface area contributed by atoms with Gasteiger partial charge in [0, 0.05) is 6.54 Å². The zero-order chi connectivity index (χ0) is 13.3. The first-order chi connectivity index (χ1) is 9.36. The van der Waals surface area contributed by atoms with Crippen molar-refractivity contribution in [2.24, 2.45) is 0 Å². The van der Waals surface area contributed by atoms with E-state index in [0.29, 0.717) is 0 Å². The van der Waals surface area contributed by atoms with Crippen molar-refractivity contribution in [2.75, 3.05) is 13.1 Å². The fraction of sp³-hybridized carbons (Fsp3) is 0.562. The highest BCUT2D eigenvalue weighted by Gasteiger charge is 2.18. The van der Waals surface area contributed by atoms with Crippen molar-refractivity contribution in [3.05, 3.63) is 35.9 Å². The van der Waals surface area contributed by atoms with Crippen LogP contribution in [0.3, 0.4) is 0 Å². The van der Waals surface area contributed by atoms with Crippen molar-refractivity contribution in [2.45, 2.75) is 44.6 Å². The Labute approximate surface area is 115 Å². The molecule has 0 bridgehead atoms. The van der Waals surface area contributed by atoms with Crippen molar-refractivity contribution >= 4 is 5.91 Å². The molecule has 3 nitrogen and oxygen atoms in total. The molecule has 1 heterocycles. The predicted molar refractivity (Wildman–Crippen MR) is 78.0 cm³/mol. The monoisotopic (exact) mass is 260 g/mol. The van der Waals surface area contributed by atoms with E-state index in [1.54, 1.807) is 0 Å². The van der Waals surface area contributed by atoms with Crippen molar-refractivity contribution < 1.29 is 4.79 Å². The predicted octanol–water partition coefficient (Wildman–Crippen LogP) is 2.27. The van der Waals surface area contributed by atoms with E-state index in [0.717, 1.165) is 38.8 Å². The molecule has 2 N–H and O–H groups in total. The lowest BCUT2D eigenvalue weighted by Gasteiger charge is -2.15. The van der Waals surface area contributed by atoms with Crippen LogP contribution in [0.5, 0.6) is 0 Å². The van der Waals surface area contributed by atoms with Crippen LogP contribution < -0.4 is 10.6 Å². The lowest BCUT2D eigenvalue weighted by atomic mass is 10.1. The first-order valence-electron chi connectivity index (χ1n) is 7.41. The van der Waals surface area contributed by atoms with Crippen molar-refractivity contribution in [1.29, 1.82) is 0 Å². The van der Waals surface area contributed by atoms with Gasteiger partial charge in [-0.25, -0.2) is 0 Å². The summed E-state index contributed by atoms with van der Waals surface area (Å²) in [5.41, 5.74) is 1.34. The van der Waals surface area contributed by atoms with Gasteiger partial charge < -0.3 is 10.6 Å². The fourth-order valence-electron chi connectivity index (χ4n) is 2.52. The molecule has 1 unspecified atom stereocenters. The highest BCUT2D eigenvalue weighted by Crippen LogP contribution is 2.08. The Hall–Kier alpha value is -1.35. The molecule has 19 heavy (non-hydrogen) atoms. The molecular formula is C16H24N2O. The van der Waals surface area contributed by atoms with Gasteiger partial charge in [-0.15, -0.1) is 0 Å². The topological polar surface area (TPSA) is 41.1 Å². The third-order valence-corrected chi connectivity index (χ3v) is 3.66. The van der Waals surface area contributed by atoms with Crippen molar-refractivity contribution in [3.63, 3.8) is 0 Å². The van der Waals surface area contributed by atoms with E-state index in [2.05, 4.69) is 34.9 Å². The van der Waals surface area contributed by atoms with E-state index in [1.807, 2.05) is 6.07 Å². The third kappa shape index (κ3) is 5.03. The number of hydrogen-bond acceptors (Lipinski definition) is 2. The Morgan fingerprint density at radius 2 is 2.05 bits per heavy atom. The van der Waals surface area contributed by atoms with Crippen LogP contribution in [0.4, 0.5) is 0 Å². The Kier molecular flexibility index (Phi) is 5.89. The van der Waals surface area contributed by atoms with Crippen molar-refractivity contribution in [1.82, 2.24) is 10.6 Å². The minimum absolute atomic E-state index is 0.0271. The molecule has 104 valence electrons. The number of amides is 1. The average molecular weight is 260 g/mol. The SMILES string of the molecule is O=C(NCCCc1ccccc1)C1CCCCCN1. The van der Waals surface area contributed by atoms with E-state index in [4.69, 9.17) is 0 Å². The largest absolute Gasteiger partial charge is 0.355 e. The number of benzene rings is 1. The summed E-state index contributed by atoms with van der Waals surface area (Å²) in [6.45, 7) is 1.74. The summed E-state index contributed by atoms with van der Waals surface area (Å²) in [5, 5.41) is 6.38. The molecule has 1 atom stereocenters. The molecular weight excluding hydrogens is 236 g/mol. The molecule has 1 saturated heterocycles. The maximum Gasteiger partial charge on any atom is 0.237 e. The van der Waals surface area contributed by atoms with Gasteiger partial charge in [0.25, 0.3) is 0 Å². The first kappa shape index (κ1) is 14.1. The molecule has 0 spiro atoms. The standard InChI is InChI=1S/C16H24N2O/c19-16(15-11-5-2-6-12-17-15)18-13-7-10-14-8-3-1-4-9-14/h1,3-4,8-9,15,17H,2,5-7,10-13H2,(H,18,19). The zero-order valence-electron chi connectivity index (χ0n) is 11.5. The van der Waals surface area contributed by atoms with Gasteiger partial charge in [-0.3, -0.25) is 4.79 Å². The molecule has 1 aliphatic rings. The maximum atomic E-state index is 12.0. The van der Waals surface area contributed by atoms with E-state index >= 15 is 0 Å². The molecule has 1 aromatic carbocycles.